The molecule has 1 N–H and O–H groups in total. The maximum Gasteiger partial charge on any atom is 0.280 e. The zero-order valence-corrected chi connectivity index (χ0v) is 14.9. The van der Waals surface area contributed by atoms with Crippen molar-refractivity contribution in [3.05, 3.63) is 47.0 Å². The van der Waals surface area contributed by atoms with Crippen LogP contribution in [0, 0.1) is 6.92 Å². The second-order valence-corrected chi connectivity index (χ2v) is 6.60. The maximum atomic E-state index is 12.8. The van der Waals surface area contributed by atoms with Crippen LogP contribution in [0.5, 0.6) is 0 Å². The summed E-state index contributed by atoms with van der Waals surface area (Å²) < 4.78 is 32.8. The minimum atomic E-state index is -2.59. The molecule has 9 heteroatoms. The minimum absolute atomic E-state index is 0.239. The van der Waals surface area contributed by atoms with Crippen LogP contribution in [0.3, 0.4) is 0 Å². The highest BCUT2D eigenvalue weighted by atomic mass is 19.3. The van der Waals surface area contributed by atoms with Crippen LogP contribution in [-0.4, -0.2) is 37.8 Å². The molecule has 0 saturated carbocycles. The Balaban J connectivity index is 1.57. The van der Waals surface area contributed by atoms with Gasteiger partial charge in [-0.2, -0.15) is 9.50 Å². The van der Waals surface area contributed by atoms with Gasteiger partial charge in [-0.3, -0.25) is 4.98 Å². The average Bonchev–Trinajstić information content (AvgIpc) is 3.09. The first-order chi connectivity index (χ1) is 13.1. The lowest BCUT2D eigenvalue weighted by Crippen LogP contribution is -2.17. The molecule has 4 heterocycles. The van der Waals surface area contributed by atoms with E-state index in [0.29, 0.717) is 29.8 Å². The van der Waals surface area contributed by atoms with Crippen molar-refractivity contribution in [3.63, 3.8) is 0 Å². The van der Waals surface area contributed by atoms with E-state index in [2.05, 4.69) is 25.4 Å². The SMILES string of the molecule is Cc1cc(C2CCOCC2)n2nc(NCc3ccnc(C(F)F)c3)nc2n1. The van der Waals surface area contributed by atoms with Gasteiger partial charge in [0, 0.05) is 37.6 Å². The predicted octanol–water partition coefficient (Wildman–Crippen LogP) is 3.27. The third-order valence-corrected chi connectivity index (χ3v) is 4.63. The Bertz CT molecular complexity index is 939. The molecule has 3 aromatic heterocycles. The van der Waals surface area contributed by atoms with E-state index in [1.54, 1.807) is 10.6 Å². The van der Waals surface area contributed by atoms with E-state index in [4.69, 9.17) is 4.74 Å². The number of pyridine rings is 1. The van der Waals surface area contributed by atoms with Crippen LogP contribution in [0.15, 0.2) is 24.4 Å². The standard InChI is InChI=1S/C18H20F2N6O/c1-11-8-15(13-3-6-27-7-4-13)26-18(23-11)24-17(25-26)22-10-12-2-5-21-14(9-12)16(19)20/h2,5,8-9,13,16H,3-4,6-7,10H2,1H3,(H,22,25). The summed E-state index contributed by atoms with van der Waals surface area (Å²) in [6.45, 7) is 3.74. The highest BCUT2D eigenvalue weighted by Crippen LogP contribution is 2.27. The van der Waals surface area contributed by atoms with Gasteiger partial charge in [-0.15, -0.1) is 5.10 Å². The van der Waals surface area contributed by atoms with E-state index in [1.165, 1.54) is 12.3 Å². The molecule has 0 radical (unpaired) electrons. The van der Waals surface area contributed by atoms with E-state index in [1.807, 2.05) is 13.0 Å². The second kappa shape index (κ2) is 7.51. The van der Waals surface area contributed by atoms with Crippen LogP contribution in [-0.2, 0) is 11.3 Å². The lowest BCUT2D eigenvalue weighted by Gasteiger charge is -2.22. The molecule has 0 aliphatic carbocycles. The van der Waals surface area contributed by atoms with Gasteiger partial charge in [-0.05, 0) is 43.5 Å². The average molecular weight is 374 g/mol. The molecule has 142 valence electrons. The van der Waals surface area contributed by atoms with Crippen molar-refractivity contribution < 1.29 is 13.5 Å². The largest absolute Gasteiger partial charge is 0.381 e. The molecule has 0 bridgehead atoms. The molecule has 7 nitrogen and oxygen atoms in total. The number of nitrogens with one attached hydrogen (secondary N) is 1. The lowest BCUT2D eigenvalue weighted by atomic mass is 9.96. The quantitative estimate of drug-likeness (QED) is 0.739. The van der Waals surface area contributed by atoms with Crippen molar-refractivity contribution >= 4 is 11.7 Å². The van der Waals surface area contributed by atoms with E-state index in [-0.39, 0.29) is 5.69 Å². The molecular formula is C18H20F2N6O. The highest BCUT2D eigenvalue weighted by molar-refractivity contribution is 5.40. The normalized spacial score (nSPS) is 15.6. The number of alkyl halides is 2. The molecule has 1 aliphatic heterocycles. The van der Waals surface area contributed by atoms with Gasteiger partial charge in [0.25, 0.3) is 12.2 Å². The zero-order chi connectivity index (χ0) is 18.8. The molecule has 1 fully saturated rings. The van der Waals surface area contributed by atoms with Crippen molar-refractivity contribution in [3.8, 4) is 0 Å². The summed E-state index contributed by atoms with van der Waals surface area (Å²) >= 11 is 0. The molecule has 27 heavy (non-hydrogen) atoms. The van der Waals surface area contributed by atoms with Crippen LogP contribution >= 0.6 is 0 Å². The molecule has 1 saturated heterocycles. The Morgan fingerprint density at radius 2 is 2.07 bits per heavy atom. The number of anilines is 1. The summed E-state index contributed by atoms with van der Waals surface area (Å²) in [5, 5.41) is 7.61. The molecule has 0 unspecified atom stereocenters. The Morgan fingerprint density at radius 1 is 1.26 bits per heavy atom. The molecule has 3 aromatic rings. The van der Waals surface area contributed by atoms with Gasteiger partial charge < -0.3 is 10.1 Å². The number of aryl methyl sites for hydroxylation is 1. The van der Waals surface area contributed by atoms with Crippen molar-refractivity contribution in [1.29, 1.82) is 0 Å². The highest BCUT2D eigenvalue weighted by Gasteiger charge is 2.21. The number of halogens is 2. The van der Waals surface area contributed by atoms with Gasteiger partial charge in [0.1, 0.15) is 5.69 Å². The van der Waals surface area contributed by atoms with Crippen molar-refractivity contribution in [2.45, 2.75) is 38.7 Å². The second-order valence-electron chi connectivity index (χ2n) is 6.60. The van der Waals surface area contributed by atoms with Gasteiger partial charge in [-0.25, -0.2) is 13.8 Å². The fourth-order valence-corrected chi connectivity index (χ4v) is 3.28. The lowest BCUT2D eigenvalue weighted by molar-refractivity contribution is 0.0840. The van der Waals surface area contributed by atoms with E-state index < -0.39 is 6.43 Å². The molecule has 0 amide bonds. The first-order valence-electron chi connectivity index (χ1n) is 8.89. The minimum Gasteiger partial charge on any atom is -0.381 e. The number of rotatable bonds is 5. The number of hydrogen-bond donors (Lipinski definition) is 1. The van der Waals surface area contributed by atoms with Gasteiger partial charge in [0.15, 0.2) is 0 Å². The Morgan fingerprint density at radius 3 is 2.85 bits per heavy atom. The fourth-order valence-electron chi connectivity index (χ4n) is 3.28. The summed E-state index contributed by atoms with van der Waals surface area (Å²) in [5.41, 5.74) is 2.41. The number of nitrogens with zero attached hydrogens (tertiary/aromatic N) is 5. The van der Waals surface area contributed by atoms with Crippen molar-refractivity contribution in [2.24, 2.45) is 0 Å². The molecule has 0 spiro atoms. The molecule has 0 aromatic carbocycles. The van der Waals surface area contributed by atoms with E-state index >= 15 is 0 Å². The van der Waals surface area contributed by atoms with Crippen LogP contribution in [0.2, 0.25) is 0 Å². The Labute approximate surface area is 154 Å². The van der Waals surface area contributed by atoms with Gasteiger partial charge in [0.05, 0.1) is 5.69 Å². The number of fused-ring (bicyclic) bond motifs is 1. The van der Waals surface area contributed by atoms with Crippen molar-refractivity contribution in [1.82, 2.24) is 24.6 Å². The smallest absolute Gasteiger partial charge is 0.280 e. The molecule has 1 aliphatic rings. The third kappa shape index (κ3) is 3.87. The number of hydrogen-bond acceptors (Lipinski definition) is 6. The summed E-state index contributed by atoms with van der Waals surface area (Å²) in [4.78, 5) is 12.6. The Kier molecular flexibility index (Phi) is 4.93. The first kappa shape index (κ1) is 17.7. The number of ether oxygens (including phenoxy) is 1. The van der Waals surface area contributed by atoms with Crippen LogP contribution in [0.1, 0.15) is 47.8 Å². The van der Waals surface area contributed by atoms with E-state index in [0.717, 1.165) is 37.4 Å². The summed E-state index contributed by atoms with van der Waals surface area (Å²) in [6, 6.07) is 5.10. The van der Waals surface area contributed by atoms with E-state index in [9.17, 15) is 8.78 Å². The summed E-state index contributed by atoms with van der Waals surface area (Å²) in [7, 11) is 0. The van der Waals surface area contributed by atoms with Crippen LogP contribution in [0.25, 0.3) is 5.78 Å². The first-order valence-corrected chi connectivity index (χ1v) is 8.89. The molecule has 4 rings (SSSR count). The summed E-state index contributed by atoms with van der Waals surface area (Å²) in [5.74, 6) is 1.30. The molecular weight excluding hydrogens is 354 g/mol. The zero-order valence-electron chi connectivity index (χ0n) is 14.9. The third-order valence-electron chi connectivity index (χ3n) is 4.63. The maximum absolute atomic E-state index is 12.8. The van der Waals surface area contributed by atoms with Crippen molar-refractivity contribution in [2.75, 3.05) is 18.5 Å². The van der Waals surface area contributed by atoms with Gasteiger partial charge >= 0.3 is 0 Å². The predicted molar refractivity (Wildman–Crippen MR) is 94.8 cm³/mol. The van der Waals surface area contributed by atoms with Gasteiger partial charge in [-0.1, -0.05) is 0 Å². The van der Waals surface area contributed by atoms with Gasteiger partial charge in [0.2, 0.25) is 5.95 Å². The van der Waals surface area contributed by atoms with Crippen LogP contribution < -0.4 is 5.32 Å². The summed E-state index contributed by atoms with van der Waals surface area (Å²) in [6.07, 6.45) is 0.667. The fraction of sp³-hybridized carbons (Fsp3) is 0.444. The number of aromatic nitrogens is 5. The van der Waals surface area contributed by atoms with Crippen LogP contribution in [0.4, 0.5) is 14.7 Å². The Hall–Kier alpha value is -2.68. The topological polar surface area (TPSA) is 77.2 Å². The monoisotopic (exact) mass is 374 g/mol. The molecule has 0 atom stereocenters.